The zero-order chi connectivity index (χ0) is 9.26. The first kappa shape index (κ1) is 7.72. The number of nitrogen functional groups attached to an aromatic ring is 1. The number of nitrogens with two attached hydrogens (primary N) is 1. The second-order valence-corrected chi connectivity index (χ2v) is 2.57. The molecule has 0 radical (unpaired) electrons. The van der Waals surface area contributed by atoms with E-state index >= 15 is 0 Å². The summed E-state index contributed by atoms with van der Waals surface area (Å²) in [7, 11) is 0. The molecule has 0 aromatic carbocycles. The maximum atomic E-state index is 5.49. The average molecular weight is 176 g/mol. The summed E-state index contributed by atoms with van der Waals surface area (Å²) >= 11 is 0. The maximum Gasteiger partial charge on any atom is 0.246 e. The van der Waals surface area contributed by atoms with Gasteiger partial charge in [0.2, 0.25) is 5.89 Å². The third-order valence-electron chi connectivity index (χ3n) is 1.61. The first-order valence-electron chi connectivity index (χ1n) is 3.76. The molecule has 0 aliphatic rings. The monoisotopic (exact) mass is 176 g/mol. The Hall–Kier alpha value is -1.91. The molecule has 0 aliphatic heterocycles. The standard InChI is InChI=1S/C8H8N4O/c1-5-7(8-10-2-3-13-8)12-6(9)4-11-5/h2-4H,1H3,(H2,9,12). The lowest BCUT2D eigenvalue weighted by Crippen LogP contribution is -1.97. The molecule has 0 bridgehead atoms. The first-order valence-corrected chi connectivity index (χ1v) is 3.76. The molecule has 0 amide bonds. The van der Waals surface area contributed by atoms with Crippen molar-refractivity contribution in [3.05, 3.63) is 24.4 Å². The highest BCUT2D eigenvalue weighted by Gasteiger charge is 2.08. The van der Waals surface area contributed by atoms with E-state index in [9.17, 15) is 0 Å². The molecule has 13 heavy (non-hydrogen) atoms. The van der Waals surface area contributed by atoms with E-state index in [1.165, 1.54) is 12.5 Å². The van der Waals surface area contributed by atoms with E-state index in [-0.39, 0.29) is 0 Å². The minimum absolute atomic E-state index is 0.360. The minimum atomic E-state index is 0.360. The topological polar surface area (TPSA) is 77.8 Å². The lowest BCUT2D eigenvalue weighted by Gasteiger charge is -1.99. The zero-order valence-corrected chi connectivity index (χ0v) is 7.06. The van der Waals surface area contributed by atoms with Gasteiger partial charge >= 0.3 is 0 Å². The molecule has 2 aromatic rings. The van der Waals surface area contributed by atoms with E-state index in [1.54, 1.807) is 6.20 Å². The maximum absolute atomic E-state index is 5.49. The van der Waals surface area contributed by atoms with Gasteiger partial charge in [0, 0.05) is 0 Å². The second-order valence-electron chi connectivity index (χ2n) is 2.57. The number of anilines is 1. The highest BCUT2D eigenvalue weighted by molar-refractivity contribution is 5.52. The van der Waals surface area contributed by atoms with Crippen LogP contribution in [0, 0.1) is 6.92 Å². The van der Waals surface area contributed by atoms with Crippen LogP contribution in [0.5, 0.6) is 0 Å². The average Bonchev–Trinajstić information content (AvgIpc) is 2.61. The Labute approximate surface area is 74.6 Å². The smallest absolute Gasteiger partial charge is 0.246 e. The van der Waals surface area contributed by atoms with Crippen LogP contribution in [-0.4, -0.2) is 15.0 Å². The van der Waals surface area contributed by atoms with Gasteiger partial charge in [-0.3, -0.25) is 4.98 Å². The largest absolute Gasteiger partial charge is 0.443 e. The van der Waals surface area contributed by atoms with Crippen molar-refractivity contribution in [1.82, 2.24) is 15.0 Å². The Morgan fingerprint density at radius 2 is 2.23 bits per heavy atom. The molecule has 0 saturated carbocycles. The molecule has 2 rings (SSSR count). The molecule has 0 saturated heterocycles. The highest BCUT2D eigenvalue weighted by atomic mass is 16.3. The van der Waals surface area contributed by atoms with Gasteiger partial charge in [-0.25, -0.2) is 9.97 Å². The van der Waals surface area contributed by atoms with Crippen LogP contribution in [0.15, 0.2) is 23.1 Å². The summed E-state index contributed by atoms with van der Waals surface area (Å²) in [4.78, 5) is 12.1. The van der Waals surface area contributed by atoms with Gasteiger partial charge < -0.3 is 10.2 Å². The van der Waals surface area contributed by atoms with Gasteiger partial charge in [0.05, 0.1) is 18.1 Å². The fourth-order valence-corrected chi connectivity index (χ4v) is 1.01. The van der Waals surface area contributed by atoms with Crippen molar-refractivity contribution in [3.63, 3.8) is 0 Å². The Balaban J connectivity index is 2.57. The summed E-state index contributed by atoms with van der Waals surface area (Å²) in [5.41, 5.74) is 6.83. The molecule has 0 spiro atoms. The van der Waals surface area contributed by atoms with Crippen molar-refractivity contribution < 1.29 is 4.42 Å². The second kappa shape index (κ2) is 2.85. The Bertz CT molecular complexity index is 410. The molecule has 0 fully saturated rings. The quantitative estimate of drug-likeness (QED) is 0.701. The number of rotatable bonds is 1. The predicted octanol–water partition coefficient (Wildman–Crippen LogP) is 1.02. The lowest BCUT2D eigenvalue weighted by atomic mass is 10.3. The van der Waals surface area contributed by atoms with E-state index in [4.69, 9.17) is 10.2 Å². The minimum Gasteiger partial charge on any atom is -0.443 e. The number of nitrogens with zero attached hydrogens (tertiary/aromatic N) is 3. The van der Waals surface area contributed by atoms with Gasteiger partial charge in [-0.1, -0.05) is 0 Å². The van der Waals surface area contributed by atoms with Crippen LogP contribution in [-0.2, 0) is 0 Å². The molecule has 0 unspecified atom stereocenters. The summed E-state index contributed by atoms with van der Waals surface area (Å²) in [5, 5.41) is 0. The molecule has 66 valence electrons. The molecular weight excluding hydrogens is 168 g/mol. The first-order chi connectivity index (χ1) is 6.27. The van der Waals surface area contributed by atoms with E-state index in [1.807, 2.05) is 6.92 Å². The SMILES string of the molecule is Cc1ncc(N)nc1-c1ncco1. The van der Waals surface area contributed by atoms with E-state index in [0.717, 1.165) is 5.69 Å². The van der Waals surface area contributed by atoms with Gasteiger partial charge in [-0.05, 0) is 6.92 Å². The number of oxazole rings is 1. The van der Waals surface area contributed by atoms with Crippen molar-refractivity contribution in [1.29, 1.82) is 0 Å². The fraction of sp³-hybridized carbons (Fsp3) is 0.125. The van der Waals surface area contributed by atoms with Gasteiger partial charge in [0.25, 0.3) is 0 Å². The summed E-state index contributed by atoms with van der Waals surface area (Å²) in [6, 6.07) is 0. The Kier molecular flexibility index (Phi) is 1.70. The van der Waals surface area contributed by atoms with Crippen molar-refractivity contribution in [2.75, 3.05) is 5.73 Å². The van der Waals surface area contributed by atoms with Gasteiger partial charge in [-0.15, -0.1) is 0 Å². The van der Waals surface area contributed by atoms with Crippen LogP contribution in [0.1, 0.15) is 5.69 Å². The fourth-order valence-electron chi connectivity index (χ4n) is 1.01. The number of aromatic nitrogens is 3. The molecule has 0 aliphatic carbocycles. The van der Waals surface area contributed by atoms with Crippen LogP contribution in [0.4, 0.5) is 5.82 Å². The Morgan fingerprint density at radius 3 is 2.92 bits per heavy atom. The Morgan fingerprint density at radius 1 is 1.38 bits per heavy atom. The van der Waals surface area contributed by atoms with E-state index in [0.29, 0.717) is 17.4 Å². The predicted molar refractivity (Wildman–Crippen MR) is 46.7 cm³/mol. The summed E-state index contributed by atoms with van der Waals surface area (Å²) in [5.74, 6) is 0.802. The lowest BCUT2D eigenvalue weighted by molar-refractivity contribution is 0.571. The van der Waals surface area contributed by atoms with Gasteiger partial charge in [-0.2, -0.15) is 0 Å². The number of hydrogen-bond acceptors (Lipinski definition) is 5. The molecule has 5 nitrogen and oxygen atoms in total. The normalized spacial score (nSPS) is 10.2. The summed E-state index contributed by atoms with van der Waals surface area (Å²) < 4.78 is 5.09. The van der Waals surface area contributed by atoms with Crippen molar-refractivity contribution >= 4 is 5.82 Å². The summed E-state index contributed by atoms with van der Waals surface area (Å²) in [6.45, 7) is 1.83. The van der Waals surface area contributed by atoms with Crippen LogP contribution >= 0.6 is 0 Å². The molecule has 5 heteroatoms. The van der Waals surface area contributed by atoms with Gasteiger partial charge in [0.15, 0.2) is 0 Å². The third kappa shape index (κ3) is 1.35. The zero-order valence-electron chi connectivity index (χ0n) is 7.06. The third-order valence-corrected chi connectivity index (χ3v) is 1.61. The van der Waals surface area contributed by atoms with E-state index < -0.39 is 0 Å². The summed E-state index contributed by atoms with van der Waals surface area (Å²) in [6.07, 6.45) is 4.54. The molecule has 0 atom stereocenters. The molecular formula is C8H8N4O. The van der Waals surface area contributed by atoms with Gasteiger partial charge in [0.1, 0.15) is 17.8 Å². The van der Waals surface area contributed by atoms with Crippen molar-refractivity contribution in [2.24, 2.45) is 0 Å². The van der Waals surface area contributed by atoms with E-state index in [2.05, 4.69) is 15.0 Å². The van der Waals surface area contributed by atoms with Crippen LogP contribution in [0.25, 0.3) is 11.6 Å². The van der Waals surface area contributed by atoms with Crippen molar-refractivity contribution in [2.45, 2.75) is 6.92 Å². The number of hydrogen-bond donors (Lipinski definition) is 1. The van der Waals surface area contributed by atoms with Crippen LogP contribution in [0.2, 0.25) is 0 Å². The molecule has 2 N–H and O–H groups in total. The number of aryl methyl sites for hydroxylation is 1. The van der Waals surface area contributed by atoms with Crippen LogP contribution < -0.4 is 5.73 Å². The molecule has 2 aromatic heterocycles. The van der Waals surface area contributed by atoms with Crippen LogP contribution in [0.3, 0.4) is 0 Å². The van der Waals surface area contributed by atoms with Crippen molar-refractivity contribution in [3.8, 4) is 11.6 Å². The highest BCUT2D eigenvalue weighted by Crippen LogP contribution is 2.17. The molecule has 2 heterocycles.